The number of hydrogen-bond donors (Lipinski definition) is 2. The van der Waals surface area contributed by atoms with E-state index in [1.165, 1.54) is 31.2 Å². The van der Waals surface area contributed by atoms with Crippen LogP contribution in [0.5, 0.6) is 0 Å². The van der Waals surface area contributed by atoms with Crippen LogP contribution < -0.4 is 10.6 Å². The molecule has 2 heterocycles. The standard InChI is InChI=1S/C37H66N4O3Si/c1-35(2,3)43-34(42)40-25-21-37(7,22-26-40)41-23-19-31(20-24-41)39-33(30-13-11-10-12-14-30)28-38-27-29-15-17-32(18-16-29)44-45(8,9)36(4,5)6/h10-14,29,31-33,38-39H,15-28H2,1-9H3. The van der Waals surface area contributed by atoms with Crippen LogP contribution in [0.25, 0.3) is 0 Å². The Hall–Kier alpha value is -1.45. The van der Waals surface area contributed by atoms with Gasteiger partial charge in [0.1, 0.15) is 5.60 Å². The molecular formula is C37H66N4O3Si. The van der Waals surface area contributed by atoms with Gasteiger partial charge in [-0.25, -0.2) is 4.79 Å². The SMILES string of the molecule is CC(C)(C)OC(=O)N1CCC(C)(N2CCC(NC(CNCC3CCC(O[Si](C)(C)C(C)(C)C)CC3)c3ccccc3)CC2)CC1. The molecule has 0 bridgehead atoms. The number of rotatable bonds is 10. The second kappa shape index (κ2) is 15.2. The van der Waals surface area contributed by atoms with Crippen LogP contribution in [-0.2, 0) is 9.16 Å². The molecule has 0 spiro atoms. The normalized spacial score (nSPS) is 24.8. The number of carbonyl (C=O) groups is 1. The van der Waals surface area contributed by atoms with Crippen LogP contribution in [0, 0.1) is 5.92 Å². The van der Waals surface area contributed by atoms with Crippen LogP contribution in [0.1, 0.15) is 111 Å². The molecule has 1 unspecified atom stereocenters. The number of hydrogen-bond acceptors (Lipinski definition) is 6. The highest BCUT2D eigenvalue weighted by Gasteiger charge is 2.41. The van der Waals surface area contributed by atoms with Gasteiger partial charge in [-0.2, -0.15) is 0 Å². The molecule has 1 aliphatic carbocycles. The van der Waals surface area contributed by atoms with Crippen molar-refractivity contribution in [2.24, 2.45) is 5.92 Å². The predicted octanol–water partition coefficient (Wildman–Crippen LogP) is 7.74. The van der Waals surface area contributed by atoms with Crippen LogP contribution in [0.2, 0.25) is 18.1 Å². The molecular weight excluding hydrogens is 577 g/mol. The topological polar surface area (TPSA) is 66.1 Å². The van der Waals surface area contributed by atoms with Gasteiger partial charge in [0.2, 0.25) is 0 Å². The summed E-state index contributed by atoms with van der Waals surface area (Å²) in [6.07, 6.45) is 9.55. The molecule has 1 amide bonds. The highest BCUT2D eigenvalue weighted by molar-refractivity contribution is 6.74. The van der Waals surface area contributed by atoms with Crippen LogP contribution in [0.4, 0.5) is 4.79 Å². The summed E-state index contributed by atoms with van der Waals surface area (Å²) in [5.41, 5.74) is 1.08. The van der Waals surface area contributed by atoms with Crippen molar-refractivity contribution in [2.45, 2.75) is 147 Å². The Labute approximate surface area is 276 Å². The highest BCUT2D eigenvalue weighted by atomic mass is 28.4. The molecule has 7 nitrogen and oxygen atoms in total. The molecule has 1 atom stereocenters. The van der Waals surface area contributed by atoms with Crippen LogP contribution in [0.15, 0.2) is 30.3 Å². The quantitative estimate of drug-likeness (QED) is 0.255. The zero-order valence-electron chi connectivity index (χ0n) is 30.2. The molecule has 45 heavy (non-hydrogen) atoms. The molecule has 0 radical (unpaired) electrons. The number of nitrogens with zero attached hydrogens (tertiary/aromatic N) is 2. The second-order valence-corrected chi connectivity index (χ2v) is 21.8. The zero-order chi connectivity index (χ0) is 32.9. The number of ether oxygens (including phenoxy) is 1. The minimum Gasteiger partial charge on any atom is -0.444 e. The molecule has 3 fully saturated rings. The Kier molecular flexibility index (Phi) is 12.3. The van der Waals surface area contributed by atoms with Crippen molar-refractivity contribution in [3.8, 4) is 0 Å². The molecule has 2 aliphatic heterocycles. The van der Waals surface area contributed by atoms with Gasteiger partial charge in [-0.15, -0.1) is 0 Å². The Morgan fingerprint density at radius 3 is 2.09 bits per heavy atom. The molecule has 256 valence electrons. The van der Waals surface area contributed by atoms with E-state index < -0.39 is 13.9 Å². The zero-order valence-corrected chi connectivity index (χ0v) is 31.2. The highest BCUT2D eigenvalue weighted by Crippen LogP contribution is 2.39. The first-order valence-corrected chi connectivity index (χ1v) is 20.9. The second-order valence-electron chi connectivity index (χ2n) is 17.0. The molecule has 8 heteroatoms. The van der Waals surface area contributed by atoms with Gasteiger partial charge in [-0.1, -0.05) is 51.1 Å². The maximum absolute atomic E-state index is 12.6. The van der Waals surface area contributed by atoms with E-state index >= 15 is 0 Å². The number of piperidine rings is 2. The summed E-state index contributed by atoms with van der Waals surface area (Å²) >= 11 is 0. The van der Waals surface area contributed by atoms with Crippen LogP contribution in [-0.4, -0.2) is 86.8 Å². The number of nitrogens with one attached hydrogen (secondary N) is 2. The van der Waals surface area contributed by atoms with Crippen molar-refractivity contribution in [2.75, 3.05) is 39.3 Å². The largest absolute Gasteiger partial charge is 0.444 e. The summed E-state index contributed by atoms with van der Waals surface area (Å²) in [4.78, 5) is 17.2. The van der Waals surface area contributed by atoms with Gasteiger partial charge >= 0.3 is 6.09 Å². The minimum atomic E-state index is -1.69. The van der Waals surface area contributed by atoms with Gasteiger partial charge in [-0.3, -0.25) is 4.90 Å². The van der Waals surface area contributed by atoms with E-state index in [2.05, 4.69) is 86.7 Å². The smallest absolute Gasteiger partial charge is 0.410 e. The van der Waals surface area contributed by atoms with E-state index in [0.29, 0.717) is 18.2 Å². The lowest BCUT2D eigenvalue weighted by atomic mass is 9.85. The third-order valence-corrected chi connectivity index (χ3v) is 15.8. The van der Waals surface area contributed by atoms with E-state index in [1.807, 2.05) is 25.7 Å². The lowest BCUT2D eigenvalue weighted by Gasteiger charge is -2.49. The summed E-state index contributed by atoms with van der Waals surface area (Å²) in [5.74, 6) is 0.742. The van der Waals surface area contributed by atoms with Crippen molar-refractivity contribution >= 4 is 14.4 Å². The van der Waals surface area contributed by atoms with Gasteiger partial charge in [-0.05, 0) is 115 Å². The number of benzene rings is 1. The summed E-state index contributed by atoms with van der Waals surface area (Å²) in [5, 5.41) is 8.22. The molecule has 1 aromatic carbocycles. The first-order valence-electron chi connectivity index (χ1n) is 18.0. The van der Waals surface area contributed by atoms with Crippen molar-refractivity contribution in [1.29, 1.82) is 0 Å². The third-order valence-electron chi connectivity index (χ3n) is 11.2. The summed E-state index contributed by atoms with van der Waals surface area (Å²) in [7, 11) is -1.69. The maximum Gasteiger partial charge on any atom is 0.410 e. The Morgan fingerprint density at radius 2 is 1.53 bits per heavy atom. The van der Waals surface area contributed by atoms with Crippen LogP contribution >= 0.6 is 0 Å². The Bertz CT molecular complexity index is 1050. The summed E-state index contributed by atoms with van der Waals surface area (Å²) < 4.78 is 12.4. The molecule has 2 saturated heterocycles. The van der Waals surface area contributed by atoms with Gasteiger partial charge < -0.3 is 24.7 Å². The Balaban J connectivity index is 1.22. The van der Waals surface area contributed by atoms with Gasteiger partial charge in [0, 0.05) is 56.5 Å². The van der Waals surface area contributed by atoms with Crippen molar-refractivity contribution in [1.82, 2.24) is 20.4 Å². The minimum absolute atomic E-state index is 0.151. The first kappa shape index (κ1) is 36.4. The summed E-state index contributed by atoms with van der Waals surface area (Å²) in [6, 6.07) is 11.8. The van der Waals surface area contributed by atoms with E-state index in [-0.39, 0.29) is 16.7 Å². The average Bonchev–Trinajstić information content (AvgIpc) is 2.97. The van der Waals surface area contributed by atoms with Crippen molar-refractivity contribution in [3.05, 3.63) is 35.9 Å². The van der Waals surface area contributed by atoms with Crippen molar-refractivity contribution < 1.29 is 14.0 Å². The Morgan fingerprint density at radius 1 is 0.933 bits per heavy atom. The van der Waals surface area contributed by atoms with Gasteiger partial charge in [0.25, 0.3) is 0 Å². The monoisotopic (exact) mass is 642 g/mol. The average molecular weight is 643 g/mol. The van der Waals surface area contributed by atoms with Gasteiger partial charge in [0.05, 0.1) is 0 Å². The first-order chi connectivity index (χ1) is 21.0. The van der Waals surface area contributed by atoms with E-state index in [0.717, 1.165) is 70.9 Å². The molecule has 0 aromatic heterocycles. The van der Waals surface area contributed by atoms with E-state index in [1.54, 1.807) is 0 Å². The fourth-order valence-electron chi connectivity index (χ4n) is 7.12. The van der Waals surface area contributed by atoms with Gasteiger partial charge in [0.15, 0.2) is 8.32 Å². The number of likely N-dealkylation sites (tertiary alicyclic amines) is 2. The predicted molar refractivity (Wildman–Crippen MR) is 189 cm³/mol. The fraction of sp³-hybridized carbons (Fsp3) is 0.811. The third kappa shape index (κ3) is 10.5. The number of carbonyl (C=O) groups excluding carboxylic acids is 1. The lowest BCUT2D eigenvalue weighted by Crippen LogP contribution is -2.58. The molecule has 2 N–H and O–H groups in total. The van der Waals surface area contributed by atoms with E-state index in [9.17, 15) is 4.79 Å². The van der Waals surface area contributed by atoms with Crippen molar-refractivity contribution in [3.63, 3.8) is 0 Å². The fourth-order valence-corrected chi connectivity index (χ4v) is 8.54. The molecule has 3 aliphatic rings. The molecule has 1 saturated carbocycles. The maximum atomic E-state index is 12.6. The molecule has 1 aromatic rings. The summed E-state index contributed by atoms with van der Waals surface area (Å²) in [6.45, 7) is 25.8. The number of amides is 1. The van der Waals surface area contributed by atoms with E-state index in [4.69, 9.17) is 9.16 Å². The lowest BCUT2D eigenvalue weighted by molar-refractivity contribution is -0.00891. The molecule has 4 rings (SSSR count). The van der Waals surface area contributed by atoms with Crippen LogP contribution in [0.3, 0.4) is 0 Å².